The van der Waals surface area contributed by atoms with E-state index in [9.17, 15) is 0 Å². The molecule has 0 amide bonds. The van der Waals surface area contributed by atoms with Gasteiger partial charge < -0.3 is 15.2 Å². The van der Waals surface area contributed by atoms with Crippen molar-refractivity contribution in [3.63, 3.8) is 0 Å². The normalized spacial score (nSPS) is 23.1. The third kappa shape index (κ3) is 3.02. The number of hydrogen-bond acceptors (Lipinski definition) is 6. The second-order valence-electron chi connectivity index (χ2n) is 4.58. The molecule has 0 spiro atoms. The molecule has 1 atom stereocenters. The molecule has 2 heterocycles. The molecular weight excluding hydrogens is 218 g/mol. The molecule has 1 unspecified atom stereocenters. The summed E-state index contributed by atoms with van der Waals surface area (Å²) in [6.07, 6.45) is 0.788. The van der Waals surface area contributed by atoms with Crippen LogP contribution in [0.4, 0.5) is 0 Å². The Morgan fingerprint density at radius 3 is 2.94 bits per heavy atom. The van der Waals surface area contributed by atoms with Gasteiger partial charge in [-0.15, -0.1) is 0 Å². The predicted octanol–water partition coefficient (Wildman–Crippen LogP) is -0.293. The molecule has 0 radical (unpaired) electrons. The van der Waals surface area contributed by atoms with Crippen molar-refractivity contribution in [2.45, 2.75) is 25.9 Å². The number of rotatable bonds is 4. The van der Waals surface area contributed by atoms with E-state index in [1.54, 1.807) is 0 Å². The Hall–Kier alpha value is -0.980. The Morgan fingerprint density at radius 1 is 1.47 bits per heavy atom. The standard InChI is InChI=1S/C11H21N5O/c1-3-11-13-10(14-17-11)8-16-5-4-15(2)7-9(16)6-12/h9H,3-8,12H2,1-2H3. The number of piperazine rings is 1. The van der Waals surface area contributed by atoms with E-state index >= 15 is 0 Å². The molecule has 2 rings (SSSR count). The minimum absolute atomic E-state index is 0.386. The van der Waals surface area contributed by atoms with Crippen molar-refractivity contribution in [2.24, 2.45) is 5.73 Å². The first-order valence-electron chi connectivity index (χ1n) is 6.17. The Labute approximate surface area is 102 Å². The van der Waals surface area contributed by atoms with E-state index in [4.69, 9.17) is 10.3 Å². The van der Waals surface area contributed by atoms with Gasteiger partial charge in [0.25, 0.3) is 0 Å². The van der Waals surface area contributed by atoms with Crippen LogP contribution in [0.25, 0.3) is 0 Å². The van der Waals surface area contributed by atoms with Gasteiger partial charge in [0.05, 0.1) is 6.54 Å². The highest BCUT2D eigenvalue weighted by Gasteiger charge is 2.25. The fourth-order valence-electron chi connectivity index (χ4n) is 2.16. The summed E-state index contributed by atoms with van der Waals surface area (Å²) in [5.41, 5.74) is 5.81. The van der Waals surface area contributed by atoms with Crippen molar-refractivity contribution in [1.82, 2.24) is 19.9 Å². The van der Waals surface area contributed by atoms with E-state index in [0.717, 1.165) is 38.4 Å². The highest BCUT2D eigenvalue weighted by Crippen LogP contribution is 2.11. The first-order valence-corrected chi connectivity index (χ1v) is 6.17. The lowest BCUT2D eigenvalue weighted by Gasteiger charge is -2.38. The van der Waals surface area contributed by atoms with Gasteiger partial charge in [0.1, 0.15) is 0 Å². The molecule has 2 N–H and O–H groups in total. The number of aryl methyl sites for hydroxylation is 1. The summed E-state index contributed by atoms with van der Waals surface area (Å²) in [4.78, 5) is 8.98. The van der Waals surface area contributed by atoms with Gasteiger partial charge in [0.2, 0.25) is 5.89 Å². The van der Waals surface area contributed by atoms with Crippen LogP contribution in [0.3, 0.4) is 0 Å². The second kappa shape index (κ2) is 5.57. The van der Waals surface area contributed by atoms with Crippen molar-refractivity contribution < 1.29 is 4.52 Å². The van der Waals surface area contributed by atoms with Crippen LogP contribution in [0.2, 0.25) is 0 Å². The van der Waals surface area contributed by atoms with Gasteiger partial charge in [-0.05, 0) is 7.05 Å². The quantitative estimate of drug-likeness (QED) is 0.778. The molecule has 1 fully saturated rings. The van der Waals surface area contributed by atoms with E-state index < -0.39 is 0 Å². The van der Waals surface area contributed by atoms with Crippen molar-refractivity contribution in [2.75, 3.05) is 33.2 Å². The van der Waals surface area contributed by atoms with Crippen molar-refractivity contribution in [3.8, 4) is 0 Å². The van der Waals surface area contributed by atoms with Gasteiger partial charge >= 0.3 is 0 Å². The van der Waals surface area contributed by atoms with Crippen molar-refractivity contribution in [1.29, 1.82) is 0 Å². The Morgan fingerprint density at radius 2 is 2.29 bits per heavy atom. The van der Waals surface area contributed by atoms with E-state index in [-0.39, 0.29) is 0 Å². The molecule has 1 aromatic rings. The third-order valence-electron chi connectivity index (χ3n) is 3.24. The minimum atomic E-state index is 0.386. The van der Waals surface area contributed by atoms with Crippen molar-refractivity contribution >= 4 is 0 Å². The van der Waals surface area contributed by atoms with Gasteiger partial charge in [-0.2, -0.15) is 4.98 Å². The number of likely N-dealkylation sites (N-methyl/N-ethyl adjacent to an activating group) is 1. The molecule has 6 nitrogen and oxygen atoms in total. The van der Waals surface area contributed by atoms with Crippen LogP contribution < -0.4 is 5.73 Å². The molecule has 1 aromatic heterocycles. The lowest BCUT2D eigenvalue weighted by molar-refractivity contribution is 0.0851. The first kappa shape index (κ1) is 12.5. The van der Waals surface area contributed by atoms with Crippen LogP contribution in [0, 0.1) is 0 Å². The maximum Gasteiger partial charge on any atom is 0.226 e. The van der Waals surface area contributed by atoms with Gasteiger partial charge in [-0.1, -0.05) is 12.1 Å². The summed E-state index contributed by atoms with van der Waals surface area (Å²) >= 11 is 0. The third-order valence-corrected chi connectivity index (χ3v) is 3.24. The maximum absolute atomic E-state index is 5.81. The van der Waals surface area contributed by atoms with Gasteiger partial charge in [0, 0.05) is 38.6 Å². The molecule has 1 aliphatic rings. The Balaban J connectivity index is 1.97. The van der Waals surface area contributed by atoms with Crippen LogP contribution in [0.5, 0.6) is 0 Å². The van der Waals surface area contributed by atoms with Crippen LogP contribution in [-0.2, 0) is 13.0 Å². The molecule has 1 aliphatic heterocycles. The van der Waals surface area contributed by atoms with E-state index in [1.807, 2.05) is 6.92 Å². The van der Waals surface area contributed by atoms with Crippen LogP contribution in [-0.4, -0.2) is 59.2 Å². The molecule has 0 aromatic carbocycles. The first-order chi connectivity index (χ1) is 8.22. The monoisotopic (exact) mass is 239 g/mol. The Kier molecular flexibility index (Phi) is 4.09. The highest BCUT2D eigenvalue weighted by molar-refractivity contribution is 4.90. The number of hydrogen-bond donors (Lipinski definition) is 1. The molecule has 0 saturated carbocycles. The van der Waals surface area contributed by atoms with Crippen molar-refractivity contribution in [3.05, 3.63) is 11.7 Å². The second-order valence-corrected chi connectivity index (χ2v) is 4.58. The summed E-state index contributed by atoms with van der Waals surface area (Å²) in [6.45, 7) is 6.50. The summed E-state index contributed by atoms with van der Waals surface area (Å²) in [5, 5.41) is 3.99. The lowest BCUT2D eigenvalue weighted by atomic mass is 10.1. The highest BCUT2D eigenvalue weighted by atomic mass is 16.5. The smallest absolute Gasteiger partial charge is 0.226 e. The van der Waals surface area contributed by atoms with Gasteiger partial charge in [-0.25, -0.2) is 0 Å². The summed E-state index contributed by atoms with van der Waals surface area (Å²) in [7, 11) is 2.13. The molecule has 0 bridgehead atoms. The summed E-state index contributed by atoms with van der Waals surface area (Å²) in [6, 6.07) is 0.386. The predicted molar refractivity (Wildman–Crippen MR) is 64.4 cm³/mol. The summed E-state index contributed by atoms with van der Waals surface area (Å²) < 4.78 is 5.12. The number of aromatic nitrogens is 2. The molecule has 96 valence electrons. The molecule has 0 aliphatic carbocycles. The van der Waals surface area contributed by atoms with Gasteiger partial charge in [0.15, 0.2) is 5.82 Å². The number of nitrogens with two attached hydrogens (primary N) is 1. The Bertz CT molecular complexity index is 353. The zero-order valence-electron chi connectivity index (χ0n) is 10.6. The average molecular weight is 239 g/mol. The summed E-state index contributed by atoms with van der Waals surface area (Å²) in [5.74, 6) is 1.48. The largest absolute Gasteiger partial charge is 0.339 e. The van der Waals surface area contributed by atoms with Crippen LogP contribution in [0.1, 0.15) is 18.6 Å². The maximum atomic E-state index is 5.81. The van der Waals surface area contributed by atoms with Gasteiger partial charge in [-0.3, -0.25) is 4.90 Å². The molecular formula is C11H21N5O. The fraction of sp³-hybridized carbons (Fsp3) is 0.818. The van der Waals surface area contributed by atoms with Crippen LogP contribution in [0.15, 0.2) is 4.52 Å². The molecule has 1 saturated heterocycles. The lowest BCUT2D eigenvalue weighted by Crippen LogP contribution is -2.54. The van der Waals surface area contributed by atoms with E-state index in [1.165, 1.54) is 0 Å². The van der Waals surface area contributed by atoms with E-state index in [0.29, 0.717) is 18.5 Å². The fourth-order valence-corrected chi connectivity index (χ4v) is 2.16. The van der Waals surface area contributed by atoms with Crippen LogP contribution >= 0.6 is 0 Å². The zero-order chi connectivity index (χ0) is 12.3. The average Bonchev–Trinajstić information content (AvgIpc) is 2.79. The van der Waals surface area contributed by atoms with E-state index in [2.05, 4.69) is 27.0 Å². The molecule has 17 heavy (non-hydrogen) atoms. The topological polar surface area (TPSA) is 71.4 Å². The number of nitrogens with zero attached hydrogens (tertiary/aromatic N) is 4. The minimum Gasteiger partial charge on any atom is -0.339 e. The molecule has 6 heteroatoms. The SMILES string of the molecule is CCc1nc(CN2CCN(C)CC2CN)no1. The zero-order valence-corrected chi connectivity index (χ0v) is 10.6.